The molecule has 2 aromatic rings. The van der Waals surface area contributed by atoms with Crippen molar-refractivity contribution < 1.29 is 4.79 Å². The number of aryl methyl sites for hydroxylation is 1. The van der Waals surface area contributed by atoms with E-state index >= 15 is 0 Å². The highest BCUT2D eigenvalue weighted by molar-refractivity contribution is 5.98. The fraction of sp³-hybridized carbons (Fsp3) is 0.462. The molecule has 7 nitrogen and oxygen atoms in total. The Morgan fingerprint density at radius 2 is 2.35 bits per heavy atom. The summed E-state index contributed by atoms with van der Waals surface area (Å²) in [5.74, 6) is 1.73. The van der Waals surface area contributed by atoms with Crippen molar-refractivity contribution in [3.63, 3.8) is 0 Å². The summed E-state index contributed by atoms with van der Waals surface area (Å²) >= 11 is 0. The van der Waals surface area contributed by atoms with Gasteiger partial charge in [0.15, 0.2) is 0 Å². The topological polar surface area (TPSA) is 78.8 Å². The van der Waals surface area contributed by atoms with Gasteiger partial charge < -0.3 is 14.8 Å². The van der Waals surface area contributed by atoms with Gasteiger partial charge in [-0.25, -0.2) is 4.98 Å². The lowest BCUT2D eigenvalue weighted by molar-refractivity contribution is 0.0828. The number of rotatable bonds is 4. The van der Waals surface area contributed by atoms with E-state index in [0.717, 1.165) is 30.9 Å². The average Bonchev–Trinajstić information content (AvgIpc) is 3.12. The molecule has 1 amide bonds. The number of amides is 1. The maximum absolute atomic E-state index is 12.0. The maximum atomic E-state index is 12.0. The normalized spacial score (nSPS) is 13.3. The van der Waals surface area contributed by atoms with E-state index in [4.69, 9.17) is 0 Å². The molecule has 20 heavy (non-hydrogen) atoms. The number of nitrogens with zero attached hydrogens (tertiary/aromatic N) is 4. The first-order chi connectivity index (χ1) is 9.66. The zero-order chi connectivity index (χ0) is 14.1. The lowest BCUT2D eigenvalue weighted by Gasteiger charge is -2.11. The SMILES string of the molecule is CN(C)C(=O)c1cn[nH]c1NCc1cnc2n1CCC2. The molecule has 0 bridgehead atoms. The molecular weight excluding hydrogens is 256 g/mol. The van der Waals surface area contributed by atoms with Crippen molar-refractivity contribution >= 4 is 11.7 Å². The van der Waals surface area contributed by atoms with Crippen molar-refractivity contribution in [2.45, 2.75) is 25.9 Å². The number of fused-ring (bicyclic) bond motifs is 1. The molecule has 1 aliphatic rings. The molecular formula is C13H18N6O. The predicted molar refractivity (Wildman–Crippen MR) is 74.5 cm³/mol. The van der Waals surface area contributed by atoms with E-state index in [1.54, 1.807) is 20.3 Å². The Balaban J connectivity index is 1.73. The van der Waals surface area contributed by atoms with Gasteiger partial charge in [-0.15, -0.1) is 0 Å². The monoisotopic (exact) mass is 274 g/mol. The lowest BCUT2D eigenvalue weighted by Crippen LogP contribution is -2.22. The molecule has 0 aromatic carbocycles. The highest BCUT2D eigenvalue weighted by Crippen LogP contribution is 2.18. The number of anilines is 1. The third-order valence-corrected chi connectivity index (χ3v) is 3.53. The number of H-pyrrole nitrogens is 1. The van der Waals surface area contributed by atoms with E-state index in [2.05, 4.69) is 25.1 Å². The Hall–Kier alpha value is -2.31. The van der Waals surface area contributed by atoms with E-state index in [1.807, 2.05) is 6.20 Å². The highest BCUT2D eigenvalue weighted by atomic mass is 16.2. The maximum Gasteiger partial charge on any atom is 0.258 e. The summed E-state index contributed by atoms with van der Waals surface area (Å²) in [4.78, 5) is 17.9. The van der Waals surface area contributed by atoms with Crippen LogP contribution in [0.3, 0.4) is 0 Å². The zero-order valence-corrected chi connectivity index (χ0v) is 11.7. The fourth-order valence-corrected chi connectivity index (χ4v) is 2.47. The van der Waals surface area contributed by atoms with Crippen LogP contribution in [-0.4, -0.2) is 44.7 Å². The van der Waals surface area contributed by atoms with Crippen molar-refractivity contribution in [3.8, 4) is 0 Å². The summed E-state index contributed by atoms with van der Waals surface area (Å²) in [6, 6.07) is 0. The van der Waals surface area contributed by atoms with Crippen LogP contribution in [0.4, 0.5) is 5.82 Å². The van der Waals surface area contributed by atoms with Crippen LogP contribution in [0.25, 0.3) is 0 Å². The Morgan fingerprint density at radius 3 is 3.15 bits per heavy atom. The van der Waals surface area contributed by atoms with Gasteiger partial charge in [-0.05, 0) is 6.42 Å². The van der Waals surface area contributed by atoms with Crippen molar-refractivity contribution in [2.75, 3.05) is 19.4 Å². The quantitative estimate of drug-likeness (QED) is 0.867. The van der Waals surface area contributed by atoms with Crippen molar-refractivity contribution in [3.05, 3.63) is 29.5 Å². The van der Waals surface area contributed by atoms with Crippen molar-refractivity contribution in [2.24, 2.45) is 0 Å². The molecule has 7 heteroatoms. The largest absolute Gasteiger partial charge is 0.364 e. The van der Waals surface area contributed by atoms with Crippen molar-refractivity contribution in [1.29, 1.82) is 0 Å². The molecule has 0 unspecified atom stereocenters. The first-order valence-electron chi connectivity index (χ1n) is 6.69. The Labute approximate surface area is 117 Å². The number of aromatic amines is 1. The molecule has 2 aromatic heterocycles. The Bertz CT molecular complexity index is 627. The van der Waals surface area contributed by atoms with Gasteiger partial charge in [0.05, 0.1) is 24.6 Å². The van der Waals surface area contributed by atoms with Gasteiger partial charge in [-0.2, -0.15) is 5.10 Å². The third kappa shape index (κ3) is 2.15. The van der Waals surface area contributed by atoms with Gasteiger partial charge >= 0.3 is 0 Å². The molecule has 0 fully saturated rings. The van der Waals surface area contributed by atoms with E-state index in [9.17, 15) is 4.79 Å². The van der Waals surface area contributed by atoms with Crippen LogP contribution in [0.1, 0.15) is 28.3 Å². The molecule has 2 N–H and O–H groups in total. The van der Waals surface area contributed by atoms with Gasteiger partial charge in [0.1, 0.15) is 17.2 Å². The van der Waals surface area contributed by atoms with Crippen LogP contribution >= 0.6 is 0 Å². The second-order valence-corrected chi connectivity index (χ2v) is 5.13. The smallest absolute Gasteiger partial charge is 0.258 e. The summed E-state index contributed by atoms with van der Waals surface area (Å²) in [7, 11) is 3.45. The summed E-state index contributed by atoms with van der Waals surface area (Å²) in [6.45, 7) is 1.65. The molecule has 0 radical (unpaired) electrons. The van der Waals surface area contributed by atoms with Gasteiger partial charge in [0.2, 0.25) is 0 Å². The standard InChI is InChI=1S/C13H18N6O/c1-18(2)13(20)10-8-16-17-12(10)15-7-9-6-14-11-4-3-5-19(9)11/h6,8H,3-5,7H2,1-2H3,(H2,15,16,17). The van der Waals surface area contributed by atoms with Gasteiger partial charge in [-0.3, -0.25) is 9.89 Å². The first-order valence-corrected chi connectivity index (χ1v) is 6.69. The Morgan fingerprint density at radius 1 is 1.50 bits per heavy atom. The minimum atomic E-state index is -0.0697. The van der Waals surface area contributed by atoms with Crippen LogP contribution in [0, 0.1) is 0 Å². The molecule has 0 aliphatic carbocycles. The number of hydrogen-bond acceptors (Lipinski definition) is 4. The second kappa shape index (κ2) is 4.99. The van der Waals surface area contributed by atoms with Crippen LogP contribution in [0.15, 0.2) is 12.4 Å². The average molecular weight is 274 g/mol. The summed E-state index contributed by atoms with van der Waals surface area (Å²) in [5, 5.41) is 10.0. The minimum Gasteiger partial charge on any atom is -0.364 e. The van der Waals surface area contributed by atoms with E-state index < -0.39 is 0 Å². The van der Waals surface area contributed by atoms with Crippen LogP contribution in [-0.2, 0) is 19.5 Å². The number of carbonyl (C=O) groups is 1. The van der Waals surface area contributed by atoms with Crippen LogP contribution in [0.2, 0.25) is 0 Å². The molecule has 0 saturated heterocycles. The number of nitrogens with one attached hydrogen (secondary N) is 2. The lowest BCUT2D eigenvalue weighted by atomic mass is 10.3. The van der Waals surface area contributed by atoms with E-state index in [0.29, 0.717) is 17.9 Å². The fourth-order valence-electron chi connectivity index (χ4n) is 2.47. The summed E-state index contributed by atoms with van der Waals surface area (Å²) in [5.41, 5.74) is 1.69. The van der Waals surface area contributed by atoms with Crippen LogP contribution < -0.4 is 5.32 Å². The first kappa shape index (κ1) is 12.7. The summed E-state index contributed by atoms with van der Waals surface area (Å²) < 4.78 is 2.23. The number of carbonyl (C=O) groups excluding carboxylic acids is 1. The molecule has 1 aliphatic heterocycles. The molecule has 3 heterocycles. The number of aromatic nitrogens is 4. The van der Waals surface area contributed by atoms with Crippen molar-refractivity contribution in [1.82, 2.24) is 24.6 Å². The van der Waals surface area contributed by atoms with Gasteiger partial charge in [0.25, 0.3) is 5.91 Å². The van der Waals surface area contributed by atoms with E-state index in [-0.39, 0.29) is 5.91 Å². The molecule has 0 spiro atoms. The molecule has 0 atom stereocenters. The summed E-state index contributed by atoms with van der Waals surface area (Å²) in [6.07, 6.45) is 5.65. The third-order valence-electron chi connectivity index (χ3n) is 3.53. The van der Waals surface area contributed by atoms with Gasteiger partial charge in [0, 0.05) is 27.1 Å². The van der Waals surface area contributed by atoms with Gasteiger partial charge in [-0.1, -0.05) is 0 Å². The Kier molecular flexibility index (Phi) is 3.17. The number of imidazole rings is 1. The predicted octanol–water partition coefficient (Wildman–Crippen LogP) is 0.866. The molecule has 0 saturated carbocycles. The number of hydrogen-bond donors (Lipinski definition) is 2. The van der Waals surface area contributed by atoms with E-state index in [1.165, 1.54) is 4.90 Å². The minimum absolute atomic E-state index is 0.0697. The molecule has 3 rings (SSSR count). The zero-order valence-electron chi connectivity index (χ0n) is 11.7. The van der Waals surface area contributed by atoms with Crippen LogP contribution in [0.5, 0.6) is 0 Å². The highest BCUT2D eigenvalue weighted by Gasteiger charge is 2.18. The molecule has 106 valence electrons. The second-order valence-electron chi connectivity index (χ2n) is 5.13.